The lowest BCUT2D eigenvalue weighted by atomic mass is 9.97. The maximum Gasteiger partial charge on any atom is 0.117 e. The quantitative estimate of drug-likeness (QED) is 0.813. The van der Waals surface area contributed by atoms with Gasteiger partial charge < -0.3 is 9.15 Å². The topological polar surface area (TPSA) is 32.1 Å². The van der Waals surface area contributed by atoms with Crippen LogP contribution in [0.25, 0.3) is 0 Å². The second-order valence-electron chi connectivity index (χ2n) is 8.44. The predicted molar refractivity (Wildman–Crippen MR) is 109 cm³/mol. The molecule has 0 saturated carbocycles. The van der Waals surface area contributed by atoms with Crippen molar-refractivity contribution in [3.8, 4) is 0 Å². The van der Waals surface area contributed by atoms with Gasteiger partial charge in [0.15, 0.2) is 0 Å². The molecule has 0 unspecified atom stereocenters. The fraction of sp³-hybridized carbons (Fsp3) is 0.565. The molecule has 1 aromatic heterocycles. The molecular weight excluding hydrogens is 350 g/mol. The summed E-state index contributed by atoms with van der Waals surface area (Å²) in [7, 11) is 0. The lowest BCUT2D eigenvalue weighted by molar-refractivity contribution is -0.0920. The van der Waals surface area contributed by atoms with E-state index in [9.17, 15) is 0 Å². The SMILES string of the molecule is c1ccc([C@H]2COC[C@H]3CN(C4CCN(Cc5ccco5)CC4)CCN32)cc1. The minimum absolute atomic E-state index is 0.414. The van der Waals surface area contributed by atoms with E-state index in [2.05, 4.69) is 51.1 Å². The first kappa shape index (κ1) is 18.4. The van der Waals surface area contributed by atoms with Crippen LogP contribution in [0, 0.1) is 0 Å². The fourth-order valence-corrected chi connectivity index (χ4v) is 5.22. The van der Waals surface area contributed by atoms with Crippen LogP contribution in [0.15, 0.2) is 53.1 Å². The third-order valence-corrected chi connectivity index (χ3v) is 6.76. The molecule has 5 nitrogen and oxygen atoms in total. The maximum atomic E-state index is 6.03. The van der Waals surface area contributed by atoms with Crippen molar-refractivity contribution < 1.29 is 9.15 Å². The van der Waals surface area contributed by atoms with Crippen molar-refractivity contribution >= 4 is 0 Å². The molecule has 3 saturated heterocycles. The van der Waals surface area contributed by atoms with Crippen LogP contribution in [0.5, 0.6) is 0 Å². The molecule has 1 aromatic carbocycles. The number of likely N-dealkylation sites (tertiary alicyclic amines) is 1. The Morgan fingerprint density at radius 1 is 0.857 bits per heavy atom. The summed E-state index contributed by atoms with van der Waals surface area (Å²) in [6.07, 6.45) is 4.29. The van der Waals surface area contributed by atoms with Gasteiger partial charge in [0.25, 0.3) is 0 Å². The number of ether oxygens (including phenoxy) is 1. The molecule has 4 heterocycles. The molecule has 2 atom stereocenters. The summed E-state index contributed by atoms with van der Waals surface area (Å²) < 4.78 is 11.5. The standard InChI is InChI=1S/C23H31N3O2/c1-2-5-19(6-3-1)23-18-27-17-21-15-25(12-13-26(21)23)20-8-10-24(11-9-20)16-22-7-4-14-28-22/h1-7,14,20-21,23H,8-13,15-18H2/t21-,23-/m1/s1. The minimum Gasteiger partial charge on any atom is -0.468 e. The molecule has 0 aliphatic carbocycles. The highest BCUT2D eigenvalue weighted by atomic mass is 16.5. The van der Waals surface area contributed by atoms with E-state index in [1.165, 1.54) is 38.0 Å². The predicted octanol–water partition coefficient (Wildman–Crippen LogP) is 3.00. The Morgan fingerprint density at radius 2 is 1.71 bits per heavy atom. The van der Waals surface area contributed by atoms with Crippen molar-refractivity contribution in [2.75, 3.05) is 45.9 Å². The number of piperidine rings is 1. The van der Waals surface area contributed by atoms with Crippen LogP contribution in [-0.4, -0.2) is 72.7 Å². The Kier molecular flexibility index (Phi) is 5.50. The molecule has 150 valence electrons. The van der Waals surface area contributed by atoms with Gasteiger partial charge in [0.05, 0.1) is 32.1 Å². The van der Waals surface area contributed by atoms with E-state index in [0.29, 0.717) is 18.1 Å². The van der Waals surface area contributed by atoms with Crippen molar-refractivity contribution in [1.82, 2.24) is 14.7 Å². The van der Waals surface area contributed by atoms with E-state index in [4.69, 9.17) is 9.15 Å². The van der Waals surface area contributed by atoms with Gasteiger partial charge in [-0.2, -0.15) is 0 Å². The zero-order chi connectivity index (χ0) is 18.8. The first-order valence-electron chi connectivity index (χ1n) is 10.7. The van der Waals surface area contributed by atoms with Crippen LogP contribution in [0.4, 0.5) is 0 Å². The van der Waals surface area contributed by atoms with Crippen LogP contribution in [-0.2, 0) is 11.3 Å². The van der Waals surface area contributed by atoms with Crippen molar-refractivity contribution in [3.63, 3.8) is 0 Å². The highest BCUT2D eigenvalue weighted by Gasteiger charge is 2.38. The second kappa shape index (κ2) is 8.37. The zero-order valence-electron chi connectivity index (χ0n) is 16.6. The van der Waals surface area contributed by atoms with E-state index in [1.54, 1.807) is 6.26 Å². The van der Waals surface area contributed by atoms with Crippen LogP contribution in [0.3, 0.4) is 0 Å². The molecule has 0 N–H and O–H groups in total. The minimum atomic E-state index is 0.414. The zero-order valence-corrected chi connectivity index (χ0v) is 16.6. The number of fused-ring (bicyclic) bond motifs is 1. The average Bonchev–Trinajstić information content (AvgIpc) is 3.27. The number of hydrogen-bond acceptors (Lipinski definition) is 5. The highest BCUT2D eigenvalue weighted by molar-refractivity contribution is 5.20. The summed E-state index contributed by atoms with van der Waals surface area (Å²) >= 11 is 0. The number of morpholine rings is 1. The van der Waals surface area contributed by atoms with Gasteiger partial charge in [0.1, 0.15) is 5.76 Å². The molecule has 0 amide bonds. The van der Waals surface area contributed by atoms with Gasteiger partial charge in [0.2, 0.25) is 0 Å². The Hall–Kier alpha value is -1.66. The van der Waals surface area contributed by atoms with Gasteiger partial charge in [0, 0.05) is 44.8 Å². The molecule has 0 bridgehead atoms. The molecule has 28 heavy (non-hydrogen) atoms. The summed E-state index contributed by atoms with van der Waals surface area (Å²) in [5.41, 5.74) is 1.40. The van der Waals surface area contributed by atoms with Crippen molar-refractivity contribution in [2.24, 2.45) is 0 Å². The van der Waals surface area contributed by atoms with Gasteiger partial charge in [-0.3, -0.25) is 14.7 Å². The summed E-state index contributed by atoms with van der Waals surface area (Å²) in [6, 6.07) is 16.6. The average molecular weight is 382 g/mol. The van der Waals surface area contributed by atoms with Gasteiger partial charge in [-0.05, 0) is 30.5 Å². The highest BCUT2D eigenvalue weighted by Crippen LogP contribution is 2.31. The molecule has 0 spiro atoms. The number of rotatable bonds is 4. The maximum absolute atomic E-state index is 6.03. The molecule has 2 aromatic rings. The van der Waals surface area contributed by atoms with E-state index >= 15 is 0 Å². The molecular formula is C23H31N3O2. The second-order valence-corrected chi connectivity index (χ2v) is 8.44. The number of benzene rings is 1. The van der Waals surface area contributed by atoms with Crippen LogP contribution >= 0.6 is 0 Å². The first-order chi connectivity index (χ1) is 13.9. The monoisotopic (exact) mass is 381 g/mol. The summed E-state index contributed by atoms with van der Waals surface area (Å²) in [5.74, 6) is 1.08. The van der Waals surface area contributed by atoms with Crippen LogP contribution in [0.1, 0.15) is 30.2 Å². The number of piperazine rings is 1. The largest absolute Gasteiger partial charge is 0.468 e. The lowest BCUT2D eigenvalue weighted by Crippen LogP contribution is -2.61. The molecule has 3 fully saturated rings. The molecule has 3 aliphatic heterocycles. The Balaban J connectivity index is 1.16. The summed E-state index contributed by atoms with van der Waals surface area (Å²) in [5, 5.41) is 0. The van der Waals surface area contributed by atoms with Gasteiger partial charge in [-0.1, -0.05) is 30.3 Å². The van der Waals surface area contributed by atoms with Crippen molar-refractivity contribution in [1.29, 1.82) is 0 Å². The van der Waals surface area contributed by atoms with Crippen molar-refractivity contribution in [2.45, 2.75) is 37.5 Å². The van der Waals surface area contributed by atoms with Crippen LogP contribution in [0.2, 0.25) is 0 Å². The first-order valence-corrected chi connectivity index (χ1v) is 10.7. The van der Waals surface area contributed by atoms with Crippen LogP contribution < -0.4 is 0 Å². The Bertz CT molecular complexity index is 728. The molecule has 3 aliphatic rings. The van der Waals surface area contributed by atoms with E-state index < -0.39 is 0 Å². The number of hydrogen-bond donors (Lipinski definition) is 0. The van der Waals surface area contributed by atoms with E-state index in [1.807, 2.05) is 6.07 Å². The normalized spacial score (nSPS) is 28.3. The smallest absolute Gasteiger partial charge is 0.117 e. The molecule has 5 rings (SSSR count). The van der Waals surface area contributed by atoms with E-state index in [0.717, 1.165) is 38.6 Å². The lowest BCUT2D eigenvalue weighted by Gasteiger charge is -2.50. The molecule has 5 heteroatoms. The Morgan fingerprint density at radius 3 is 2.50 bits per heavy atom. The number of nitrogens with zero attached hydrogens (tertiary/aromatic N) is 3. The summed E-state index contributed by atoms with van der Waals surface area (Å²) in [4.78, 5) is 7.96. The third kappa shape index (κ3) is 3.90. The van der Waals surface area contributed by atoms with Crippen molar-refractivity contribution in [3.05, 3.63) is 60.1 Å². The Labute approximate surface area is 167 Å². The van der Waals surface area contributed by atoms with Gasteiger partial charge in [-0.25, -0.2) is 0 Å². The van der Waals surface area contributed by atoms with Gasteiger partial charge in [-0.15, -0.1) is 0 Å². The third-order valence-electron chi connectivity index (χ3n) is 6.76. The molecule has 0 radical (unpaired) electrons. The summed E-state index contributed by atoms with van der Waals surface area (Å²) in [6.45, 7) is 8.46. The van der Waals surface area contributed by atoms with Gasteiger partial charge >= 0.3 is 0 Å². The van der Waals surface area contributed by atoms with E-state index in [-0.39, 0.29) is 0 Å². The fourth-order valence-electron chi connectivity index (χ4n) is 5.22. The number of furan rings is 1.